The number of amides is 1. The number of carbonyl (C=O) groups is 1. The minimum atomic E-state index is -1.19. The van der Waals surface area contributed by atoms with Crippen LogP contribution in [0.4, 0.5) is 0 Å². The van der Waals surface area contributed by atoms with Gasteiger partial charge in [0.15, 0.2) is 0 Å². The molecule has 0 fully saturated rings. The number of halogens is 2. The van der Waals surface area contributed by atoms with Gasteiger partial charge in [0.2, 0.25) is 5.91 Å². The predicted octanol–water partition coefficient (Wildman–Crippen LogP) is 1.16. The molecule has 1 unspecified atom stereocenters. The lowest BCUT2D eigenvalue weighted by molar-refractivity contribution is -0.125. The van der Waals surface area contributed by atoms with Crippen molar-refractivity contribution in [2.24, 2.45) is 5.73 Å². The van der Waals surface area contributed by atoms with E-state index in [1.165, 1.54) is 0 Å². The smallest absolute Gasteiger partial charge is 0.247 e. The Morgan fingerprint density at radius 2 is 2.22 bits per heavy atom. The van der Waals surface area contributed by atoms with Crippen molar-refractivity contribution >= 4 is 37.8 Å². The molecule has 0 radical (unpaired) electrons. The molecule has 100 valence electrons. The number of benzene rings is 1. The van der Waals surface area contributed by atoms with Crippen LogP contribution >= 0.6 is 31.9 Å². The molecule has 5 nitrogen and oxygen atoms in total. The van der Waals surface area contributed by atoms with Gasteiger partial charge in [0.05, 0.1) is 11.6 Å². The van der Waals surface area contributed by atoms with Gasteiger partial charge in [-0.2, -0.15) is 0 Å². The van der Waals surface area contributed by atoms with Gasteiger partial charge in [-0.1, -0.05) is 15.9 Å². The number of ether oxygens (including phenoxy) is 1. The first-order valence-corrected chi connectivity index (χ1v) is 6.74. The van der Waals surface area contributed by atoms with Crippen LogP contribution in [0.3, 0.4) is 0 Å². The molecule has 0 saturated carbocycles. The first kappa shape index (κ1) is 15.4. The Morgan fingerprint density at radius 3 is 2.78 bits per heavy atom. The molecular formula is C11H14Br2N2O3. The van der Waals surface area contributed by atoms with Crippen LogP contribution in [0.5, 0.6) is 5.75 Å². The summed E-state index contributed by atoms with van der Waals surface area (Å²) in [5, 5.41) is 12.2. The Balaban J connectivity index is 2.69. The number of hydrogen-bond donors (Lipinski definition) is 3. The van der Waals surface area contributed by atoms with Crippen molar-refractivity contribution in [1.29, 1.82) is 0 Å². The Hall–Kier alpha value is -0.630. The second-order valence-corrected chi connectivity index (χ2v) is 5.40. The largest absolute Gasteiger partial charge is 0.495 e. The van der Waals surface area contributed by atoms with E-state index in [4.69, 9.17) is 10.5 Å². The molecule has 0 aliphatic heterocycles. The third kappa shape index (κ3) is 4.24. The van der Waals surface area contributed by atoms with E-state index >= 15 is 0 Å². The van der Waals surface area contributed by atoms with E-state index < -0.39 is 12.0 Å². The maximum atomic E-state index is 10.7. The fraction of sp³-hybridized carbons (Fsp3) is 0.364. The van der Waals surface area contributed by atoms with Gasteiger partial charge in [-0.05, 0) is 28.1 Å². The number of primary amides is 1. The highest BCUT2D eigenvalue weighted by atomic mass is 79.9. The Morgan fingerprint density at radius 1 is 1.56 bits per heavy atom. The quantitative estimate of drug-likeness (QED) is 0.690. The van der Waals surface area contributed by atoms with E-state index in [1.54, 1.807) is 7.11 Å². The SMILES string of the molecule is COc1c(Br)cc(Br)cc1CNCC(O)C(N)=O. The van der Waals surface area contributed by atoms with E-state index in [9.17, 15) is 9.90 Å². The molecule has 7 heteroatoms. The number of rotatable bonds is 6. The first-order chi connectivity index (χ1) is 8.45. The van der Waals surface area contributed by atoms with Crippen LogP contribution in [0.2, 0.25) is 0 Å². The lowest BCUT2D eigenvalue weighted by Gasteiger charge is -2.13. The number of nitrogens with one attached hydrogen (secondary N) is 1. The third-order valence-corrected chi connectivity index (χ3v) is 3.32. The summed E-state index contributed by atoms with van der Waals surface area (Å²) in [6.07, 6.45) is -1.19. The minimum absolute atomic E-state index is 0.0998. The van der Waals surface area contributed by atoms with Crippen molar-refractivity contribution in [2.45, 2.75) is 12.6 Å². The summed E-state index contributed by atoms with van der Waals surface area (Å²) >= 11 is 6.78. The number of carbonyl (C=O) groups excluding carboxylic acids is 1. The van der Waals surface area contributed by atoms with Gasteiger partial charge in [0, 0.05) is 23.1 Å². The summed E-state index contributed by atoms with van der Waals surface area (Å²) in [4.78, 5) is 10.7. The Kier molecular flexibility index (Phi) is 6.07. The van der Waals surface area contributed by atoms with E-state index in [0.717, 1.165) is 14.5 Å². The zero-order chi connectivity index (χ0) is 13.7. The van der Waals surface area contributed by atoms with Crippen molar-refractivity contribution < 1.29 is 14.6 Å². The van der Waals surface area contributed by atoms with Crippen LogP contribution in [0, 0.1) is 0 Å². The zero-order valence-electron chi connectivity index (χ0n) is 9.74. The summed E-state index contributed by atoms with van der Waals surface area (Å²) in [5.41, 5.74) is 5.85. The second-order valence-electron chi connectivity index (χ2n) is 3.63. The fourth-order valence-corrected chi connectivity index (χ4v) is 2.89. The number of hydrogen-bond acceptors (Lipinski definition) is 4. The summed E-state index contributed by atoms with van der Waals surface area (Å²) < 4.78 is 7.00. The van der Waals surface area contributed by atoms with E-state index in [1.807, 2.05) is 12.1 Å². The maximum Gasteiger partial charge on any atom is 0.247 e. The molecular weight excluding hydrogens is 368 g/mol. The zero-order valence-corrected chi connectivity index (χ0v) is 12.9. The van der Waals surface area contributed by atoms with Crippen LogP contribution < -0.4 is 15.8 Å². The highest BCUT2D eigenvalue weighted by Gasteiger charge is 2.12. The van der Waals surface area contributed by atoms with Crippen LogP contribution in [0.1, 0.15) is 5.56 Å². The lowest BCUT2D eigenvalue weighted by Crippen LogP contribution is -2.37. The van der Waals surface area contributed by atoms with Gasteiger partial charge in [-0.25, -0.2) is 0 Å². The standard InChI is InChI=1S/C11H14Br2N2O3/c1-18-10-6(2-7(12)3-8(10)13)4-15-5-9(16)11(14)17/h2-3,9,15-16H,4-5H2,1H3,(H2,14,17). The highest BCUT2D eigenvalue weighted by Crippen LogP contribution is 2.32. The van der Waals surface area contributed by atoms with Gasteiger partial charge in [-0.15, -0.1) is 0 Å². The van der Waals surface area contributed by atoms with E-state index in [0.29, 0.717) is 12.3 Å². The molecule has 18 heavy (non-hydrogen) atoms. The molecule has 1 amide bonds. The van der Waals surface area contributed by atoms with E-state index in [2.05, 4.69) is 37.2 Å². The Labute approximate surface area is 122 Å². The van der Waals surface area contributed by atoms with E-state index in [-0.39, 0.29) is 6.54 Å². The van der Waals surface area contributed by atoms with Crippen LogP contribution in [-0.2, 0) is 11.3 Å². The van der Waals surface area contributed by atoms with Gasteiger partial charge >= 0.3 is 0 Å². The molecule has 1 atom stereocenters. The van der Waals surface area contributed by atoms with Gasteiger partial charge in [0.25, 0.3) is 0 Å². The topological polar surface area (TPSA) is 84.6 Å². The van der Waals surface area contributed by atoms with Gasteiger partial charge in [0.1, 0.15) is 11.9 Å². The van der Waals surface area contributed by atoms with Crippen LogP contribution in [0.15, 0.2) is 21.1 Å². The number of methoxy groups -OCH3 is 1. The number of nitrogens with two attached hydrogens (primary N) is 1. The molecule has 0 heterocycles. The van der Waals surface area contributed by atoms with Crippen molar-refractivity contribution in [3.63, 3.8) is 0 Å². The summed E-state index contributed by atoms with van der Waals surface area (Å²) in [7, 11) is 1.58. The van der Waals surface area contributed by atoms with Crippen molar-refractivity contribution in [1.82, 2.24) is 5.32 Å². The second kappa shape index (κ2) is 7.08. The predicted molar refractivity (Wildman–Crippen MR) is 75.3 cm³/mol. The molecule has 4 N–H and O–H groups in total. The van der Waals surface area contributed by atoms with Gasteiger partial charge < -0.3 is 20.9 Å². The molecule has 0 aliphatic rings. The molecule has 1 rings (SSSR count). The molecule has 0 spiro atoms. The lowest BCUT2D eigenvalue weighted by atomic mass is 10.2. The molecule has 0 saturated heterocycles. The number of aliphatic hydroxyl groups is 1. The molecule has 0 aliphatic carbocycles. The molecule has 1 aromatic rings. The average Bonchev–Trinajstić information content (AvgIpc) is 2.28. The molecule has 0 bridgehead atoms. The fourth-order valence-electron chi connectivity index (χ4n) is 1.42. The summed E-state index contributed by atoms with van der Waals surface area (Å²) in [6, 6.07) is 3.77. The third-order valence-electron chi connectivity index (χ3n) is 2.27. The highest BCUT2D eigenvalue weighted by molar-refractivity contribution is 9.11. The molecule has 0 aromatic heterocycles. The van der Waals surface area contributed by atoms with Crippen molar-refractivity contribution in [3.8, 4) is 5.75 Å². The molecule has 1 aromatic carbocycles. The Bertz CT molecular complexity index is 441. The normalized spacial score (nSPS) is 12.2. The van der Waals surface area contributed by atoms with Gasteiger partial charge in [-0.3, -0.25) is 4.79 Å². The summed E-state index contributed by atoms with van der Waals surface area (Å²) in [5.74, 6) is -0.0378. The number of aliphatic hydroxyl groups excluding tert-OH is 1. The summed E-state index contributed by atoms with van der Waals surface area (Å²) in [6.45, 7) is 0.550. The van der Waals surface area contributed by atoms with Crippen LogP contribution in [-0.4, -0.2) is 30.8 Å². The average molecular weight is 382 g/mol. The first-order valence-electron chi connectivity index (χ1n) is 5.15. The monoisotopic (exact) mass is 380 g/mol. The van der Waals surface area contributed by atoms with Crippen molar-refractivity contribution in [3.05, 3.63) is 26.6 Å². The maximum absolute atomic E-state index is 10.7. The van der Waals surface area contributed by atoms with Crippen LogP contribution in [0.25, 0.3) is 0 Å². The minimum Gasteiger partial charge on any atom is -0.495 e. The van der Waals surface area contributed by atoms with Crippen molar-refractivity contribution in [2.75, 3.05) is 13.7 Å².